The first-order valence-electron chi connectivity index (χ1n) is 4.86. The van der Waals surface area contributed by atoms with Gasteiger partial charge in [-0.3, -0.25) is 10.2 Å². The Labute approximate surface area is 79.0 Å². The quantitative estimate of drug-likeness (QED) is 0.613. The molecule has 1 fully saturated rings. The normalized spacial score (nSPS) is 17.6. The SMILES string of the molecule is CNNC(=O)COCC1CCCC1. The Kier molecular flexibility index (Phi) is 4.78. The highest BCUT2D eigenvalue weighted by atomic mass is 16.5. The fourth-order valence-electron chi connectivity index (χ4n) is 1.67. The zero-order chi connectivity index (χ0) is 9.52. The van der Waals surface area contributed by atoms with Gasteiger partial charge < -0.3 is 4.74 Å². The molecule has 1 saturated carbocycles. The molecular formula is C9H18N2O2. The number of hydrazine groups is 1. The molecule has 0 unspecified atom stereocenters. The molecule has 0 bridgehead atoms. The maximum atomic E-state index is 10.9. The fraction of sp³-hybridized carbons (Fsp3) is 0.889. The molecule has 0 atom stereocenters. The minimum atomic E-state index is -0.111. The number of carbonyl (C=O) groups excluding carboxylic acids is 1. The summed E-state index contributed by atoms with van der Waals surface area (Å²) in [5, 5.41) is 0. The second-order valence-corrected chi connectivity index (χ2v) is 3.46. The summed E-state index contributed by atoms with van der Waals surface area (Å²) in [5.74, 6) is 0.572. The maximum Gasteiger partial charge on any atom is 0.260 e. The zero-order valence-corrected chi connectivity index (χ0v) is 8.14. The van der Waals surface area contributed by atoms with Crippen LogP contribution < -0.4 is 10.9 Å². The molecule has 0 aromatic carbocycles. The van der Waals surface area contributed by atoms with Crippen molar-refractivity contribution in [1.82, 2.24) is 10.9 Å². The van der Waals surface area contributed by atoms with E-state index in [-0.39, 0.29) is 12.5 Å². The van der Waals surface area contributed by atoms with E-state index in [1.165, 1.54) is 25.7 Å². The van der Waals surface area contributed by atoms with Crippen LogP contribution in [0.25, 0.3) is 0 Å². The van der Waals surface area contributed by atoms with E-state index < -0.39 is 0 Å². The van der Waals surface area contributed by atoms with Crippen molar-refractivity contribution in [2.75, 3.05) is 20.3 Å². The molecule has 0 spiro atoms. The van der Waals surface area contributed by atoms with Crippen molar-refractivity contribution in [2.45, 2.75) is 25.7 Å². The minimum absolute atomic E-state index is 0.111. The first-order valence-corrected chi connectivity index (χ1v) is 4.86. The highest BCUT2D eigenvalue weighted by molar-refractivity contribution is 5.76. The van der Waals surface area contributed by atoms with Crippen LogP contribution in [-0.2, 0) is 9.53 Å². The van der Waals surface area contributed by atoms with Gasteiger partial charge in [-0.05, 0) is 18.8 Å². The second-order valence-electron chi connectivity index (χ2n) is 3.46. The maximum absolute atomic E-state index is 10.9. The van der Waals surface area contributed by atoms with Crippen LogP contribution >= 0.6 is 0 Å². The van der Waals surface area contributed by atoms with Gasteiger partial charge in [0.25, 0.3) is 5.91 Å². The monoisotopic (exact) mass is 186 g/mol. The van der Waals surface area contributed by atoms with E-state index in [0.29, 0.717) is 5.92 Å². The van der Waals surface area contributed by atoms with Crippen molar-refractivity contribution in [1.29, 1.82) is 0 Å². The third-order valence-electron chi connectivity index (χ3n) is 2.33. The van der Waals surface area contributed by atoms with E-state index in [2.05, 4.69) is 10.9 Å². The molecule has 4 heteroatoms. The van der Waals surface area contributed by atoms with Crippen molar-refractivity contribution in [2.24, 2.45) is 5.92 Å². The molecule has 76 valence electrons. The molecule has 1 aliphatic carbocycles. The lowest BCUT2D eigenvalue weighted by Gasteiger charge is -2.09. The van der Waals surface area contributed by atoms with Crippen LogP contribution in [0.15, 0.2) is 0 Å². The van der Waals surface area contributed by atoms with E-state index in [1.54, 1.807) is 7.05 Å². The average molecular weight is 186 g/mol. The lowest BCUT2D eigenvalue weighted by molar-refractivity contribution is -0.127. The largest absolute Gasteiger partial charge is 0.371 e. The van der Waals surface area contributed by atoms with Gasteiger partial charge in [0.1, 0.15) is 6.61 Å². The summed E-state index contributed by atoms with van der Waals surface area (Å²) in [5.41, 5.74) is 5.02. The first-order chi connectivity index (χ1) is 6.33. The van der Waals surface area contributed by atoms with Gasteiger partial charge in [0.2, 0.25) is 0 Å². The molecule has 0 aromatic rings. The molecule has 4 nitrogen and oxygen atoms in total. The number of hydrogen-bond acceptors (Lipinski definition) is 3. The van der Waals surface area contributed by atoms with E-state index >= 15 is 0 Å². The summed E-state index contributed by atoms with van der Waals surface area (Å²) >= 11 is 0. The first kappa shape index (κ1) is 10.5. The number of carbonyl (C=O) groups is 1. The Morgan fingerprint density at radius 1 is 1.46 bits per heavy atom. The van der Waals surface area contributed by atoms with Crippen molar-refractivity contribution in [3.8, 4) is 0 Å². The molecule has 0 saturated heterocycles. The molecule has 1 rings (SSSR count). The highest BCUT2D eigenvalue weighted by Crippen LogP contribution is 2.24. The van der Waals surface area contributed by atoms with Crippen LogP contribution in [0.2, 0.25) is 0 Å². The van der Waals surface area contributed by atoms with Gasteiger partial charge in [0.05, 0.1) is 6.61 Å². The number of nitrogens with one attached hydrogen (secondary N) is 2. The van der Waals surface area contributed by atoms with Crippen LogP contribution in [-0.4, -0.2) is 26.2 Å². The molecule has 0 aromatic heterocycles. The van der Waals surface area contributed by atoms with Gasteiger partial charge >= 0.3 is 0 Å². The van der Waals surface area contributed by atoms with E-state index in [9.17, 15) is 4.79 Å². The second kappa shape index (κ2) is 5.94. The Morgan fingerprint density at radius 2 is 2.15 bits per heavy atom. The molecule has 13 heavy (non-hydrogen) atoms. The smallest absolute Gasteiger partial charge is 0.260 e. The van der Waals surface area contributed by atoms with Crippen LogP contribution in [0.1, 0.15) is 25.7 Å². The van der Waals surface area contributed by atoms with Gasteiger partial charge in [-0.15, -0.1) is 0 Å². The standard InChI is InChI=1S/C9H18N2O2/c1-10-11-9(12)7-13-6-8-4-2-3-5-8/h8,10H,2-7H2,1H3,(H,11,12). The van der Waals surface area contributed by atoms with Gasteiger partial charge in [-0.2, -0.15) is 0 Å². The molecule has 2 N–H and O–H groups in total. The Hall–Kier alpha value is -0.610. The lowest BCUT2D eigenvalue weighted by Crippen LogP contribution is -2.37. The molecule has 0 radical (unpaired) electrons. The lowest BCUT2D eigenvalue weighted by atomic mass is 10.1. The summed E-state index contributed by atoms with van der Waals surface area (Å²) in [7, 11) is 1.66. The highest BCUT2D eigenvalue weighted by Gasteiger charge is 2.15. The Bertz CT molecular complexity index is 156. The van der Waals surface area contributed by atoms with Gasteiger partial charge in [0, 0.05) is 7.05 Å². The van der Waals surface area contributed by atoms with E-state index in [1.807, 2.05) is 0 Å². The molecule has 0 heterocycles. The molecule has 0 aliphatic heterocycles. The van der Waals surface area contributed by atoms with Crippen molar-refractivity contribution in [3.63, 3.8) is 0 Å². The molecule has 1 amide bonds. The summed E-state index contributed by atoms with van der Waals surface area (Å²) in [6, 6.07) is 0. The molecular weight excluding hydrogens is 168 g/mol. The predicted octanol–water partition coefficient (Wildman–Crippen LogP) is 0.444. The topological polar surface area (TPSA) is 50.4 Å². The minimum Gasteiger partial charge on any atom is -0.371 e. The van der Waals surface area contributed by atoms with Crippen LogP contribution in [0.5, 0.6) is 0 Å². The zero-order valence-electron chi connectivity index (χ0n) is 8.14. The Morgan fingerprint density at radius 3 is 2.77 bits per heavy atom. The predicted molar refractivity (Wildman–Crippen MR) is 50.0 cm³/mol. The van der Waals surface area contributed by atoms with Crippen molar-refractivity contribution in [3.05, 3.63) is 0 Å². The number of amides is 1. The number of hydrogen-bond donors (Lipinski definition) is 2. The van der Waals surface area contributed by atoms with Crippen LogP contribution in [0, 0.1) is 5.92 Å². The number of ether oxygens (including phenoxy) is 1. The summed E-state index contributed by atoms with van der Waals surface area (Å²) in [6.07, 6.45) is 5.15. The average Bonchev–Trinajstić information content (AvgIpc) is 2.57. The van der Waals surface area contributed by atoms with E-state index in [4.69, 9.17) is 4.74 Å². The summed E-state index contributed by atoms with van der Waals surface area (Å²) in [6.45, 7) is 0.897. The van der Waals surface area contributed by atoms with Gasteiger partial charge in [-0.1, -0.05) is 12.8 Å². The third kappa shape index (κ3) is 4.24. The number of rotatable bonds is 5. The van der Waals surface area contributed by atoms with Crippen LogP contribution in [0.4, 0.5) is 0 Å². The third-order valence-corrected chi connectivity index (χ3v) is 2.33. The summed E-state index contributed by atoms with van der Waals surface area (Å²) in [4.78, 5) is 10.9. The molecule has 1 aliphatic rings. The van der Waals surface area contributed by atoms with E-state index in [0.717, 1.165) is 6.61 Å². The Balaban J connectivity index is 1.96. The fourth-order valence-corrected chi connectivity index (χ4v) is 1.67. The summed E-state index contributed by atoms with van der Waals surface area (Å²) < 4.78 is 5.28. The van der Waals surface area contributed by atoms with Gasteiger partial charge in [-0.25, -0.2) is 5.43 Å². The van der Waals surface area contributed by atoms with Crippen molar-refractivity contribution < 1.29 is 9.53 Å². The van der Waals surface area contributed by atoms with Crippen LogP contribution in [0.3, 0.4) is 0 Å². The van der Waals surface area contributed by atoms with Gasteiger partial charge in [0.15, 0.2) is 0 Å². The van der Waals surface area contributed by atoms with Crippen molar-refractivity contribution >= 4 is 5.91 Å².